The summed E-state index contributed by atoms with van der Waals surface area (Å²) in [6.07, 6.45) is 12.2. The number of aromatic nitrogens is 2. The Morgan fingerprint density at radius 3 is 2.79 bits per heavy atom. The van der Waals surface area contributed by atoms with Gasteiger partial charge in [0.05, 0.1) is 31.1 Å². The Morgan fingerprint density at radius 1 is 1.21 bits per heavy atom. The van der Waals surface area contributed by atoms with Crippen molar-refractivity contribution in [2.75, 3.05) is 33.4 Å². The van der Waals surface area contributed by atoms with E-state index >= 15 is 0 Å². The standard InChI is InChI=1S/C21H35N5O2.HI/c1-22-21(23-14-17-15-26-10-4-2-7-20(26)24-17)25-11-8-18(9-12-25)28-16-19-6-3-5-13-27-19;/h15,18-19H,2-14,16H2,1H3,(H,22,23);1H. The highest BCUT2D eigenvalue weighted by molar-refractivity contribution is 14.0. The van der Waals surface area contributed by atoms with Gasteiger partial charge in [0.25, 0.3) is 0 Å². The zero-order chi connectivity index (χ0) is 19.2. The SMILES string of the molecule is CN=C(NCc1cn2c(n1)CCCC2)N1CCC(OCC2CCCCO2)CC1.I. The molecule has 8 heteroatoms. The molecule has 29 heavy (non-hydrogen) atoms. The second kappa shape index (κ2) is 11.5. The van der Waals surface area contributed by atoms with Crippen LogP contribution in [0, 0.1) is 0 Å². The topological polar surface area (TPSA) is 63.9 Å². The zero-order valence-corrected chi connectivity index (χ0v) is 20.0. The van der Waals surface area contributed by atoms with Crippen molar-refractivity contribution in [1.82, 2.24) is 19.8 Å². The fourth-order valence-corrected chi connectivity index (χ4v) is 4.48. The molecule has 0 saturated carbocycles. The van der Waals surface area contributed by atoms with Gasteiger partial charge in [-0.1, -0.05) is 0 Å². The van der Waals surface area contributed by atoms with Crippen LogP contribution >= 0.6 is 24.0 Å². The van der Waals surface area contributed by atoms with E-state index < -0.39 is 0 Å². The Balaban J connectivity index is 0.00000240. The molecule has 0 bridgehead atoms. The smallest absolute Gasteiger partial charge is 0.193 e. The fraction of sp³-hybridized carbons (Fsp3) is 0.810. The minimum atomic E-state index is 0. The van der Waals surface area contributed by atoms with Crippen LogP contribution < -0.4 is 5.32 Å². The first-order valence-electron chi connectivity index (χ1n) is 11.1. The van der Waals surface area contributed by atoms with Crippen molar-refractivity contribution in [1.29, 1.82) is 0 Å². The molecule has 1 N–H and O–H groups in total. The van der Waals surface area contributed by atoms with Crippen LogP contribution in [-0.2, 0) is 29.0 Å². The summed E-state index contributed by atoms with van der Waals surface area (Å²) in [5, 5.41) is 3.50. The van der Waals surface area contributed by atoms with Gasteiger partial charge in [-0.05, 0) is 44.9 Å². The number of aliphatic imine (C=N–C) groups is 1. The second-order valence-electron chi connectivity index (χ2n) is 8.21. The van der Waals surface area contributed by atoms with Crippen molar-refractivity contribution in [3.05, 3.63) is 17.7 Å². The Hall–Kier alpha value is -0.870. The summed E-state index contributed by atoms with van der Waals surface area (Å²) in [5.74, 6) is 2.21. The van der Waals surface area contributed by atoms with Gasteiger partial charge in [-0.2, -0.15) is 0 Å². The molecule has 2 saturated heterocycles. The molecule has 7 nitrogen and oxygen atoms in total. The highest BCUT2D eigenvalue weighted by Crippen LogP contribution is 2.18. The molecule has 0 aromatic carbocycles. The predicted molar refractivity (Wildman–Crippen MR) is 125 cm³/mol. The molecular formula is C21H36IN5O2. The number of nitrogens with one attached hydrogen (secondary N) is 1. The highest BCUT2D eigenvalue weighted by atomic mass is 127. The van der Waals surface area contributed by atoms with E-state index in [1.165, 1.54) is 31.5 Å². The first-order valence-corrected chi connectivity index (χ1v) is 11.1. The molecule has 3 aliphatic rings. The maximum absolute atomic E-state index is 6.14. The lowest BCUT2D eigenvalue weighted by Gasteiger charge is -2.35. The molecule has 1 unspecified atom stereocenters. The van der Waals surface area contributed by atoms with Crippen LogP contribution in [0.15, 0.2) is 11.2 Å². The van der Waals surface area contributed by atoms with Gasteiger partial charge in [0.1, 0.15) is 5.82 Å². The van der Waals surface area contributed by atoms with Crippen molar-refractivity contribution in [3.8, 4) is 0 Å². The molecule has 1 atom stereocenters. The summed E-state index contributed by atoms with van der Waals surface area (Å²) in [6.45, 7) is 5.46. The van der Waals surface area contributed by atoms with E-state index in [2.05, 4.69) is 26.0 Å². The van der Waals surface area contributed by atoms with Crippen molar-refractivity contribution >= 4 is 29.9 Å². The minimum absolute atomic E-state index is 0. The second-order valence-corrected chi connectivity index (χ2v) is 8.21. The number of piperidine rings is 1. The number of rotatable bonds is 5. The summed E-state index contributed by atoms with van der Waals surface area (Å²) < 4.78 is 14.2. The zero-order valence-electron chi connectivity index (χ0n) is 17.6. The Morgan fingerprint density at radius 2 is 2.07 bits per heavy atom. The molecule has 0 spiro atoms. The van der Waals surface area contributed by atoms with Crippen LogP contribution in [-0.4, -0.2) is 66.0 Å². The van der Waals surface area contributed by atoms with Crippen LogP contribution in [0.4, 0.5) is 0 Å². The number of imidazole rings is 1. The largest absolute Gasteiger partial charge is 0.376 e. The Bertz CT molecular complexity index is 628. The maximum Gasteiger partial charge on any atom is 0.193 e. The summed E-state index contributed by atoms with van der Waals surface area (Å²) in [4.78, 5) is 11.6. The number of hydrogen-bond donors (Lipinski definition) is 1. The van der Waals surface area contributed by atoms with Gasteiger partial charge in [-0.15, -0.1) is 24.0 Å². The summed E-state index contributed by atoms with van der Waals surface area (Å²) in [7, 11) is 1.86. The molecular weight excluding hydrogens is 481 g/mol. The maximum atomic E-state index is 6.14. The van der Waals surface area contributed by atoms with Gasteiger partial charge < -0.3 is 24.3 Å². The molecule has 4 rings (SSSR count). The lowest BCUT2D eigenvalue weighted by Crippen LogP contribution is -2.47. The number of likely N-dealkylation sites (tertiary alicyclic amines) is 1. The van der Waals surface area contributed by atoms with E-state index in [0.717, 1.165) is 76.7 Å². The van der Waals surface area contributed by atoms with Crippen molar-refractivity contribution < 1.29 is 9.47 Å². The lowest BCUT2D eigenvalue weighted by atomic mass is 10.1. The number of fused-ring (bicyclic) bond motifs is 1. The van der Waals surface area contributed by atoms with Gasteiger partial charge in [0, 0.05) is 45.9 Å². The van der Waals surface area contributed by atoms with E-state index in [1.54, 1.807) is 0 Å². The number of nitrogens with zero attached hydrogens (tertiary/aromatic N) is 4. The molecule has 2 fully saturated rings. The first kappa shape index (κ1) is 22.8. The number of guanidine groups is 1. The minimum Gasteiger partial charge on any atom is -0.376 e. The van der Waals surface area contributed by atoms with Crippen LogP contribution in [0.3, 0.4) is 0 Å². The summed E-state index contributed by atoms with van der Waals surface area (Å²) in [6, 6.07) is 0. The van der Waals surface area contributed by atoms with Crippen LogP contribution in [0.25, 0.3) is 0 Å². The Kier molecular flexibility index (Phi) is 9.05. The third-order valence-corrected chi connectivity index (χ3v) is 6.13. The molecule has 4 heterocycles. The lowest BCUT2D eigenvalue weighted by molar-refractivity contribution is -0.0721. The van der Waals surface area contributed by atoms with E-state index in [4.69, 9.17) is 14.5 Å². The quantitative estimate of drug-likeness (QED) is 0.370. The number of aryl methyl sites for hydroxylation is 2. The van der Waals surface area contributed by atoms with Crippen molar-refractivity contribution in [2.24, 2.45) is 4.99 Å². The molecule has 164 valence electrons. The normalized spacial score (nSPS) is 23.4. The monoisotopic (exact) mass is 517 g/mol. The number of halogens is 1. The van der Waals surface area contributed by atoms with Gasteiger partial charge >= 0.3 is 0 Å². The summed E-state index contributed by atoms with van der Waals surface area (Å²) in [5.41, 5.74) is 1.11. The van der Waals surface area contributed by atoms with Crippen molar-refractivity contribution in [3.63, 3.8) is 0 Å². The third kappa shape index (κ3) is 6.30. The Labute approximate surface area is 191 Å². The number of hydrogen-bond acceptors (Lipinski definition) is 4. The van der Waals surface area contributed by atoms with Gasteiger partial charge in [-0.25, -0.2) is 4.98 Å². The average molecular weight is 517 g/mol. The summed E-state index contributed by atoms with van der Waals surface area (Å²) >= 11 is 0. The van der Waals surface area contributed by atoms with Crippen molar-refractivity contribution in [2.45, 2.75) is 76.7 Å². The molecule has 1 aromatic rings. The first-order chi connectivity index (χ1) is 13.8. The van der Waals surface area contributed by atoms with Crippen LogP contribution in [0.5, 0.6) is 0 Å². The van der Waals surface area contributed by atoms with Crippen LogP contribution in [0.2, 0.25) is 0 Å². The van der Waals surface area contributed by atoms with Gasteiger partial charge in [0.2, 0.25) is 0 Å². The third-order valence-electron chi connectivity index (χ3n) is 6.13. The van der Waals surface area contributed by atoms with E-state index in [9.17, 15) is 0 Å². The van der Waals surface area contributed by atoms with E-state index in [0.29, 0.717) is 12.2 Å². The van der Waals surface area contributed by atoms with E-state index in [-0.39, 0.29) is 24.0 Å². The molecule has 1 aromatic heterocycles. The van der Waals surface area contributed by atoms with E-state index in [1.807, 2.05) is 7.05 Å². The highest BCUT2D eigenvalue weighted by Gasteiger charge is 2.24. The molecule has 0 aliphatic carbocycles. The van der Waals surface area contributed by atoms with Gasteiger partial charge in [-0.3, -0.25) is 4.99 Å². The fourth-order valence-electron chi connectivity index (χ4n) is 4.48. The van der Waals surface area contributed by atoms with Crippen LogP contribution in [0.1, 0.15) is 56.5 Å². The average Bonchev–Trinajstić information content (AvgIpc) is 3.17. The molecule has 0 amide bonds. The predicted octanol–water partition coefficient (Wildman–Crippen LogP) is 2.96. The number of ether oxygens (including phenoxy) is 2. The van der Waals surface area contributed by atoms with Gasteiger partial charge in [0.15, 0.2) is 5.96 Å². The molecule has 3 aliphatic heterocycles. The molecule has 0 radical (unpaired) electrons.